The summed E-state index contributed by atoms with van der Waals surface area (Å²) >= 11 is 0. The first-order chi connectivity index (χ1) is 7.66. The van der Waals surface area contributed by atoms with Gasteiger partial charge in [-0.15, -0.1) is 0 Å². The first kappa shape index (κ1) is 10.2. The largest absolute Gasteiger partial charge is 0.508 e. The summed E-state index contributed by atoms with van der Waals surface area (Å²) in [6, 6.07) is 4.79. The predicted octanol–water partition coefficient (Wildman–Crippen LogP) is 1.68. The van der Waals surface area contributed by atoms with Crippen LogP contribution >= 0.6 is 0 Å². The zero-order valence-electron chi connectivity index (χ0n) is 8.69. The Labute approximate surface area is 92.1 Å². The van der Waals surface area contributed by atoms with E-state index in [1.165, 1.54) is 12.3 Å². The lowest BCUT2D eigenvalue weighted by Crippen LogP contribution is -2.11. The SMILES string of the molecule is Cc1ccc(C(=O)Nc2cn[nH]c2)cc1O. The lowest BCUT2D eigenvalue weighted by Gasteiger charge is -2.04. The quantitative estimate of drug-likeness (QED) is 0.716. The van der Waals surface area contributed by atoms with E-state index < -0.39 is 0 Å². The summed E-state index contributed by atoms with van der Waals surface area (Å²) in [4.78, 5) is 11.7. The third-order valence-electron chi connectivity index (χ3n) is 2.23. The molecule has 1 amide bonds. The smallest absolute Gasteiger partial charge is 0.255 e. The molecule has 0 saturated carbocycles. The number of nitrogens with one attached hydrogen (secondary N) is 2. The van der Waals surface area contributed by atoms with Crippen molar-refractivity contribution in [3.8, 4) is 5.75 Å². The van der Waals surface area contributed by atoms with Gasteiger partial charge < -0.3 is 10.4 Å². The molecule has 16 heavy (non-hydrogen) atoms. The molecule has 0 atom stereocenters. The monoisotopic (exact) mass is 217 g/mol. The van der Waals surface area contributed by atoms with Crippen molar-refractivity contribution in [1.29, 1.82) is 0 Å². The topological polar surface area (TPSA) is 78.0 Å². The van der Waals surface area contributed by atoms with Crippen molar-refractivity contribution in [2.75, 3.05) is 5.32 Å². The summed E-state index contributed by atoms with van der Waals surface area (Å²) in [5.41, 5.74) is 1.73. The molecule has 2 aromatic rings. The first-order valence-corrected chi connectivity index (χ1v) is 4.76. The number of carbonyl (C=O) groups excluding carboxylic acids is 1. The van der Waals surface area contributed by atoms with Gasteiger partial charge in [0, 0.05) is 11.8 Å². The van der Waals surface area contributed by atoms with E-state index in [1.807, 2.05) is 0 Å². The number of aromatic hydroxyl groups is 1. The number of rotatable bonds is 2. The van der Waals surface area contributed by atoms with Gasteiger partial charge in [0.1, 0.15) is 5.75 Å². The molecule has 82 valence electrons. The van der Waals surface area contributed by atoms with Gasteiger partial charge in [-0.1, -0.05) is 6.07 Å². The van der Waals surface area contributed by atoms with E-state index in [4.69, 9.17) is 0 Å². The number of aryl methyl sites for hydroxylation is 1. The Kier molecular flexibility index (Phi) is 2.59. The van der Waals surface area contributed by atoms with Crippen LogP contribution in [0.5, 0.6) is 5.75 Å². The van der Waals surface area contributed by atoms with E-state index in [0.29, 0.717) is 11.3 Å². The van der Waals surface area contributed by atoms with Crippen molar-refractivity contribution >= 4 is 11.6 Å². The second-order valence-corrected chi connectivity index (χ2v) is 3.44. The lowest BCUT2D eigenvalue weighted by atomic mass is 10.1. The number of nitrogens with zero attached hydrogens (tertiary/aromatic N) is 1. The van der Waals surface area contributed by atoms with Crippen LogP contribution in [0.25, 0.3) is 0 Å². The van der Waals surface area contributed by atoms with Gasteiger partial charge in [0.2, 0.25) is 0 Å². The molecule has 0 spiro atoms. The van der Waals surface area contributed by atoms with Gasteiger partial charge in [-0.05, 0) is 24.6 Å². The summed E-state index contributed by atoms with van der Waals surface area (Å²) in [5.74, 6) is -0.170. The maximum Gasteiger partial charge on any atom is 0.255 e. The van der Waals surface area contributed by atoms with Crippen LogP contribution in [0.2, 0.25) is 0 Å². The Morgan fingerprint density at radius 1 is 1.50 bits per heavy atom. The highest BCUT2D eigenvalue weighted by molar-refractivity contribution is 6.04. The molecular formula is C11H11N3O2. The molecule has 3 N–H and O–H groups in total. The third-order valence-corrected chi connectivity index (χ3v) is 2.23. The molecule has 1 aromatic heterocycles. The van der Waals surface area contributed by atoms with Gasteiger partial charge >= 0.3 is 0 Å². The van der Waals surface area contributed by atoms with E-state index in [-0.39, 0.29) is 11.7 Å². The van der Waals surface area contributed by atoms with Crippen molar-refractivity contribution < 1.29 is 9.90 Å². The second kappa shape index (κ2) is 4.06. The number of benzene rings is 1. The van der Waals surface area contributed by atoms with Crippen LogP contribution in [0.4, 0.5) is 5.69 Å². The Morgan fingerprint density at radius 2 is 2.31 bits per heavy atom. The molecule has 5 heteroatoms. The molecule has 0 unspecified atom stereocenters. The first-order valence-electron chi connectivity index (χ1n) is 4.76. The Morgan fingerprint density at radius 3 is 2.94 bits per heavy atom. The highest BCUT2D eigenvalue weighted by Crippen LogP contribution is 2.18. The molecule has 1 aromatic carbocycles. The number of H-pyrrole nitrogens is 1. The molecule has 0 aliphatic rings. The normalized spacial score (nSPS) is 10.1. The van der Waals surface area contributed by atoms with Crippen molar-refractivity contribution in [2.24, 2.45) is 0 Å². The number of phenols is 1. The molecular weight excluding hydrogens is 206 g/mol. The standard InChI is InChI=1S/C11H11N3O2/c1-7-2-3-8(4-10(7)15)11(16)14-9-5-12-13-6-9/h2-6,15H,1H3,(H,12,13)(H,14,16). The molecule has 1 heterocycles. The van der Waals surface area contributed by atoms with E-state index in [0.717, 1.165) is 5.56 Å². The van der Waals surface area contributed by atoms with E-state index in [1.54, 1.807) is 25.3 Å². The van der Waals surface area contributed by atoms with Crippen molar-refractivity contribution in [3.63, 3.8) is 0 Å². The van der Waals surface area contributed by atoms with Gasteiger partial charge in [0.15, 0.2) is 0 Å². The zero-order valence-corrected chi connectivity index (χ0v) is 8.69. The Balaban J connectivity index is 2.18. The zero-order chi connectivity index (χ0) is 11.5. The van der Waals surface area contributed by atoms with Crippen LogP contribution in [0, 0.1) is 6.92 Å². The Bertz CT molecular complexity index is 506. The van der Waals surface area contributed by atoms with Gasteiger partial charge in [0.05, 0.1) is 11.9 Å². The van der Waals surface area contributed by atoms with Gasteiger partial charge in [-0.2, -0.15) is 5.10 Å². The minimum absolute atomic E-state index is 0.111. The average Bonchev–Trinajstić information content (AvgIpc) is 2.74. The molecule has 0 saturated heterocycles. The van der Waals surface area contributed by atoms with Crippen LogP contribution < -0.4 is 5.32 Å². The summed E-state index contributed by atoms with van der Waals surface area (Å²) in [6.45, 7) is 1.77. The van der Waals surface area contributed by atoms with Crippen molar-refractivity contribution in [1.82, 2.24) is 10.2 Å². The van der Waals surface area contributed by atoms with E-state index >= 15 is 0 Å². The van der Waals surface area contributed by atoms with Crippen LogP contribution in [0.1, 0.15) is 15.9 Å². The highest BCUT2D eigenvalue weighted by atomic mass is 16.3. The van der Waals surface area contributed by atoms with Crippen LogP contribution in [-0.2, 0) is 0 Å². The summed E-state index contributed by atoms with van der Waals surface area (Å²) in [6.07, 6.45) is 3.08. The van der Waals surface area contributed by atoms with Crippen LogP contribution in [0.15, 0.2) is 30.6 Å². The predicted molar refractivity (Wildman–Crippen MR) is 59.4 cm³/mol. The summed E-state index contributed by atoms with van der Waals surface area (Å²) in [5, 5.41) is 18.4. The number of hydrogen-bond acceptors (Lipinski definition) is 3. The number of carbonyl (C=O) groups is 1. The molecule has 2 rings (SSSR count). The highest BCUT2D eigenvalue weighted by Gasteiger charge is 2.08. The molecule has 0 bridgehead atoms. The third kappa shape index (κ3) is 2.03. The number of hydrogen-bond donors (Lipinski definition) is 3. The summed E-state index contributed by atoms with van der Waals surface area (Å²) in [7, 11) is 0. The maximum absolute atomic E-state index is 11.7. The molecule has 0 aliphatic carbocycles. The maximum atomic E-state index is 11.7. The molecule has 0 radical (unpaired) electrons. The lowest BCUT2D eigenvalue weighted by molar-refractivity contribution is 0.102. The van der Waals surface area contributed by atoms with Gasteiger partial charge in [0.25, 0.3) is 5.91 Å². The van der Waals surface area contributed by atoms with E-state index in [2.05, 4.69) is 15.5 Å². The van der Waals surface area contributed by atoms with E-state index in [9.17, 15) is 9.90 Å². The minimum atomic E-state index is -0.281. The number of amides is 1. The molecule has 5 nitrogen and oxygen atoms in total. The number of anilines is 1. The number of phenolic OH excluding ortho intramolecular Hbond substituents is 1. The number of aromatic amines is 1. The summed E-state index contributed by atoms with van der Waals surface area (Å²) < 4.78 is 0. The molecule has 0 aliphatic heterocycles. The van der Waals surface area contributed by atoms with Crippen LogP contribution in [-0.4, -0.2) is 21.2 Å². The van der Waals surface area contributed by atoms with Crippen molar-refractivity contribution in [3.05, 3.63) is 41.7 Å². The molecule has 0 fully saturated rings. The fraction of sp³-hybridized carbons (Fsp3) is 0.0909. The van der Waals surface area contributed by atoms with Gasteiger partial charge in [-0.3, -0.25) is 9.89 Å². The number of aromatic nitrogens is 2. The second-order valence-electron chi connectivity index (χ2n) is 3.44. The minimum Gasteiger partial charge on any atom is -0.508 e. The van der Waals surface area contributed by atoms with Gasteiger partial charge in [-0.25, -0.2) is 0 Å². The van der Waals surface area contributed by atoms with Crippen molar-refractivity contribution in [2.45, 2.75) is 6.92 Å². The fourth-order valence-electron chi connectivity index (χ4n) is 1.27. The average molecular weight is 217 g/mol. The van der Waals surface area contributed by atoms with Crippen LogP contribution in [0.3, 0.4) is 0 Å². The fourth-order valence-corrected chi connectivity index (χ4v) is 1.27. The Hall–Kier alpha value is -2.30.